The highest BCUT2D eigenvalue weighted by molar-refractivity contribution is 8.27. The summed E-state index contributed by atoms with van der Waals surface area (Å²) in [5.74, 6) is -0.657. The Labute approximate surface area is 205 Å². The first-order chi connectivity index (χ1) is 16.9. The smallest absolute Gasteiger partial charge is 0.335 e. The summed E-state index contributed by atoms with van der Waals surface area (Å²) < 4.78 is 5.83. The predicted molar refractivity (Wildman–Crippen MR) is 136 cm³/mol. The standard InChI is InChI=1S/C26H20N4O4S/c1-2-19(15-6-4-3-5-7-15)24-29-30-22(27)20(23(31)28-26(30)35-24)14-18-12-13-21(34-18)16-8-10-17(11-9-16)25(32)33/h3-14,19,27H,2H2,1H3,(H,32,33). The number of furan rings is 1. The van der Waals surface area contributed by atoms with Crippen molar-refractivity contribution in [3.05, 3.63) is 89.2 Å². The highest BCUT2D eigenvalue weighted by Gasteiger charge is 2.37. The molecular weight excluding hydrogens is 464 g/mol. The number of carbonyl (C=O) groups excluding carboxylic acids is 1. The maximum absolute atomic E-state index is 12.8. The molecule has 3 aromatic rings. The zero-order chi connectivity index (χ0) is 24.5. The molecule has 5 rings (SSSR count). The van der Waals surface area contributed by atoms with E-state index >= 15 is 0 Å². The lowest BCUT2D eigenvalue weighted by Gasteiger charge is -2.19. The van der Waals surface area contributed by atoms with E-state index in [9.17, 15) is 9.59 Å². The van der Waals surface area contributed by atoms with Crippen LogP contribution in [0.2, 0.25) is 0 Å². The Morgan fingerprint density at radius 2 is 1.89 bits per heavy atom. The van der Waals surface area contributed by atoms with Crippen LogP contribution >= 0.6 is 11.8 Å². The average Bonchev–Trinajstić information content (AvgIpc) is 3.50. The fourth-order valence-electron chi connectivity index (χ4n) is 3.89. The number of carboxylic acids is 1. The molecule has 3 heterocycles. The Morgan fingerprint density at radius 3 is 2.57 bits per heavy atom. The van der Waals surface area contributed by atoms with Crippen LogP contribution in [0.4, 0.5) is 0 Å². The molecule has 35 heavy (non-hydrogen) atoms. The largest absolute Gasteiger partial charge is 0.478 e. The third-order valence-electron chi connectivity index (χ3n) is 5.71. The normalized spacial score (nSPS) is 17.3. The van der Waals surface area contributed by atoms with Gasteiger partial charge in [0.05, 0.1) is 11.1 Å². The van der Waals surface area contributed by atoms with Crippen LogP contribution in [-0.4, -0.2) is 38.0 Å². The summed E-state index contributed by atoms with van der Waals surface area (Å²) in [4.78, 5) is 28.0. The number of rotatable bonds is 6. The van der Waals surface area contributed by atoms with Crippen LogP contribution in [0.25, 0.3) is 17.4 Å². The number of nitrogens with one attached hydrogen (secondary N) is 1. The minimum atomic E-state index is -1.00. The monoisotopic (exact) mass is 484 g/mol. The van der Waals surface area contributed by atoms with E-state index in [4.69, 9.17) is 14.9 Å². The van der Waals surface area contributed by atoms with Gasteiger partial charge in [-0.05, 0) is 54.1 Å². The van der Waals surface area contributed by atoms with E-state index in [0.29, 0.717) is 22.3 Å². The van der Waals surface area contributed by atoms with E-state index in [1.165, 1.54) is 35.0 Å². The number of carbonyl (C=O) groups is 2. The lowest BCUT2D eigenvalue weighted by molar-refractivity contribution is -0.114. The Kier molecular flexibility index (Phi) is 5.92. The predicted octanol–water partition coefficient (Wildman–Crippen LogP) is 5.46. The number of aliphatic imine (C=N–C) groups is 1. The Hall–Kier alpha value is -4.24. The van der Waals surface area contributed by atoms with E-state index < -0.39 is 11.9 Å². The summed E-state index contributed by atoms with van der Waals surface area (Å²) >= 11 is 1.31. The number of hydrogen-bond donors (Lipinski definition) is 2. The van der Waals surface area contributed by atoms with Gasteiger partial charge in [-0.3, -0.25) is 10.2 Å². The van der Waals surface area contributed by atoms with Crippen LogP contribution in [0, 0.1) is 5.41 Å². The van der Waals surface area contributed by atoms with Crippen molar-refractivity contribution in [3.63, 3.8) is 0 Å². The number of benzene rings is 2. The van der Waals surface area contributed by atoms with Crippen molar-refractivity contribution in [2.75, 3.05) is 0 Å². The molecule has 0 saturated heterocycles. The first-order valence-electron chi connectivity index (χ1n) is 10.9. The number of thioether (sulfide) groups is 1. The van der Waals surface area contributed by atoms with E-state index in [0.717, 1.165) is 17.0 Å². The second-order valence-corrected chi connectivity index (χ2v) is 8.90. The summed E-state index contributed by atoms with van der Waals surface area (Å²) in [6.07, 6.45) is 2.30. The summed E-state index contributed by atoms with van der Waals surface area (Å²) in [5.41, 5.74) is 2.07. The first kappa shape index (κ1) is 22.5. The van der Waals surface area contributed by atoms with Crippen LogP contribution in [0.15, 0.2) is 86.8 Å². The number of hydrogen-bond acceptors (Lipinski definition) is 6. The van der Waals surface area contributed by atoms with Gasteiger partial charge in [-0.2, -0.15) is 15.1 Å². The van der Waals surface area contributed by atoms with Crippen molar-refractivity contribution in [2.24, 2.45) is 10.1 Å². The summed E-state index contributed by atoms with van der Waals surface area (Å²) in [6, 6.07) is 19.7. The molecule has 0 radical (unpaired) electrons. The minimum absolute atomic E-state index is 0.0463. The zero-order valence-corrected chi connectivity index (χ0v) is 19.5. The SMILES string of the molecule is CCC(C1=NN2C(=N)C(=Cc3ccc(-c4ccc(C(=O)O)cc4)o3)C(=O)N=C2S1)c1ccccc1. The Bertz CT molecular complexity index is 1420. The number of hydrazone groups is 1. The molecule has 8 nitrogen and oxygen atoms in total. The molecule has 2 aromatic carbocycles. The maximum Gasteiger partial charge on any atom is 0.335 e. The average molecular weight is 485 g/mol. The van der Waals surface area contributed by atoms with Gasteiger partial charge in [0.25, 0.3) is 5.91 Å². The van der Waals surface area contributed by atoms with Crippen LogP contribution < -0.4 is 0 Å². The van der Waals surface area contributed by atoms with Crippen molar-refractivity contribution < 1.29 is 19.1 Å². The van der Waals surface area contributed by atoms with Gasteiger partial charge in [0.15, 0.2) is 5.84 Å². The number of carboxylic acid groups (broad SMARTS) is 1. The molecule has 174 valence electrons. The van der Waals surface area contributed by atoms with Gasteiger partial charge < -0.3 is 9.52 Å². The quantitative estimate of drug-likeness (QED) is 0.449. The molecular formula is C26H20N4O4S. The summed E-state index contributed by atoms with van der Waals surface area (Å²) in [6.45, 7) is 2.07. The Balaban J connectivity index is 1.40. The van der Waals surface area contributed by atoms with Crippen molar-refractivity contribution in [2.45, 2.75) is 19.3 Å². The number of aromatic carboxylic acids is 1. The van der Waals surface area contributed by atoms with Crippen LogP contribution in [0.1, 0.15) is 40.9 Å². The van der Waals surface area contributed by atoms with Gasteiger partial charge in [-0.1, -0.05) is 49.4 Å². The van der Waals surface area contributed by atoms with Crippen molar-refractivity contribution in [3.8, 4) is 11.3 Å². The molecule has 0 bridgehead atoms. The molecule has 1 unspecified atom stereocenters. The topological polar surface area (TPSA) is 119 Å². The number of fused-ring (bicyclic) bond motifs is 1. The molecule has 1 amide bonds. The molecule has 2 N–H and O–H groups in total. The van der Waals surface area contributed by atoms with Crippen LogP contribution in [0.3, 0.4) is 0 Å². The second kappa shape index (κ2) is 9.19. The lowest BCUT2D eigenvalue weighted by atomic mass is 9.98. The fourth-order valence-corrected chi connectivity index (χ4v) is 4.99. The van der Waals surface area contributed by atoms with E-state index in [1.807, 2.05) is 30.3 Å². The van der Waals surface area contributed by atoms with E-state index in [1.54, 1.807) is 24.3 Å². The van der Waals surface area contributed by atoms with E-state index in [2.05, 4.69) is 17.0 Å². The molecule has 0 aliphatic carbocycles. The van der Waals surface area contributed by atoms with Crippen molar-refractivity contribution in [1.82, 2.24) is 5.01 Å². The number of amidine groups is 2. The molecule has 1 aromatic heterocycles. The van der Waals surface area contributed by atoms with Crippen molar-refractivity contribution in [1.29, 1.82) is 5.41 Å². The highest BCUT2D eigenvalue weighted by Crippen LogP contribution is 2.36. The minimum Gasteiger partial charge on any atom is -0.478 e. The van der Waals surface area contributed by atoms with Crippen LogP contribution in [-0.2, 0) is 4.79 Å². The van der Waals surface area contributed by atoms with E-state index in [-0.39, 0.29) is 22.9 Å². The molecule has 1 atom stereocenters. The highest BCUT2D eigenvalue weighted by atomic mass is 32.2. The zero-order valence-electron chi connectivity index (χ0n) is 18.6. The summed E-state index contributed by atoms with van der Waals surface area (Å²) in [5, 5.41) is 24.9. The third-order valence-corrected chi connectivity index (χ3v) is 6.73. The number of amides is 1. The third kappa shape index (κ3) is 4.33. The van der Waals surface area contributed by atoms with Gasteiger partial charge in [0.2, 0.25) is 5.17 Å². The van der Waals surface area contributed by atoms with Crippen LogP contribution in [0.5, 0.6) is 0 Å². The molecule has 0 fully saturated rings. The molecule has 0 saturated carbocycles. The lowest BCUT2D eigenvalue weighted by Crippen LogP contribution is -2.35. The molecule has 2 aliphatic rings. The summed E-state index contributed by atoms with van der Waals surface area (Å²) in [7, 11) is 0. The van der Waals surface area contributed by atoms with Gasteiger partial charge in [0.1, 0.15) is 16.6 Å². The maximum atomic E-state index is 12.8. The van der Waals surface area contributed by atoms with Gasteiger partial charge in [-0.25, -0.2) is 4.79 Å². The Morgan fingerprint density at radius 1 is 1.14 bits per heavy atom. The van der Waals surface area contributed by atoms with Crippen molar-refractivity contribution >= 4 is 45.8 Å². The molecule has 0 spiro atoms. The molecule has 9 heteroatoms. The van der Waals surface area contributed by atoms with Gasteiger partial charge >= 0.3 is 5.97 Å². The second-order valence-electron chi connectivity index (χ2n) is 7.91. The van der Waals surface area contributed by atoms with Gasteiger partial charge in [-0.15, -0.1) is 0 Å². The first-order valence-corrected chi connectivity index (χ1v) is 11.7. The molecule has 2 aliphatic heterocycles. The fraction of sp³-hybridized carbons (Fsp3) is 0.115. The van der Waals surface area contributed by atoms with Gasteiger partial charge in [0, 0.05) is 11.5 Å². The number of nitrogens with zero attached hydrogens (tertiary/aromatic N) is 3.